The van der Waals surface area contributed by atoms with Crippen LogP contribution in [-0.2, 0) is 6.54 Å². The molecule has 0 aliphatic carbocycles. The molecule has 11 rings (SSSR count). The van der Waals surface area contributed by atoms with E-state index < -0.39 is 0 Å². The third kappa shape index (κ3) is 6.02. The molecule has 1 heterocycles. The van der Waals surface area contributed by atoms with Gasteiger partial charge in [-0.05, 0) is 126 Å². The van der Waals surface area contributed by atoms with Crippen molar-refractivity contribution in [2.24, 2.45) is 0 Å². The second-order valence-corrected chi connectivity index (χ2v) is 15.5. The van der Waals surface area contributed by atoms with E-state index in [0.717, 1.165) is 6.54 Å². The summed E-state index contributed by atoms with van der Waals surface area (Å²) in [6, 6.07) is 80.4. The van der Waals surface area contributed by atoms with E-state index in [-0.39, 0.29) is 0 Å². The average Bonchev–Trinajstić information content (AvgIpc) is 3.64. The van der Waals surface area contributed by atoms with Crippen LogP contribution in [0.5, 0.6) is 0 Å². The Morgan fingerprint density at radius 2 is 0.593 bits per heavy atom. The first kappa shape index (κ1) is 34.7. The first-order chi connectivity index (χ1) is 29.2. The lowest BCUT2D eigenvalue weighted by Gasteiger charge is -2.20. The van der Waals surface area contributed by atoms with Crippen LogP contribution in [0.4, 0.5) is 0 Å². The first-order valence-corrected chi connectivity index (χ1v) is 20.6. The molecule has 0 bridgehead atoms. The van der Waals surface area contributed by atoms with Gasteiger partial charge in [-0.3, -0.25) is 0 Å². The van der Waals surface area contributed by atoms with Crippen molar-refractivity contribution in [1.29, 1.82) is 0 Å². The summed E-state index contributed by atoms with van der Waals surface area (Å²) in [5, 5.41) is 7.58. The van der Waals surface area contributed by atoms with E-state index in [4.69, 9.17) is 0 Å². The lowest BCUT2D eigenvalue weighted by atomic mass is 9.83. The van der Waals surface area contributed by atoms with Gasteiger partial charge < -0.3 is 4.57 Å². The number of benzene rings is 10. The standard InChI is InChI=1S/C58H41N/c1-2-59-55-21-13-12-20-49(55)52-36-48(32-35-56(52)59)43-24-28-45(29-25-43)58-51-34-31-46(40-16-8-4-9-17-40)37-53(51)57(44-26-22-42(23-27-44)39-14-6-3-7-15-39)50-33-30-47(38-54(50)58)41-18-10-5-11-19-41/h3-38H,2H2,1H3. The molecule has 0 amide bonds. The SMILES string of the molecule is CCn1c2ccccc2c2cc(-c3ccc(-c4c5ccc(-c6ccccc6)cc5c(-c5ccc(-c6ccccc6)cc5)c5ccc(-c6ccccc6)cc45)cc3)ccc21. The molecule has 0 aliphatic heterocycles. The Morgan fingerprint density at radius 3 is 1.08 bits per heavy atom. The highest BCUT2D eigenvalue weighted by Gasteiger charge is 2.19. The van der Waals surface area contributed by atoms with Crippen LogP contribution in [0, 0.1) is 0 Å². The van der Waals surface area contributed by atoms with Crippen LogP contribution in [0.1, 0.15) is 6.92 Å². The Hall–Kier alpha value is -7.48. The van der Waals surface area contributed by atoms with Gasteiger partial charge in [-0.25, -0.2) is 0 Å². The molecule has 10 aromatic carbocycles. The molecule has 1 heteroatoms. The summed E-state index contributed by atoms with van der Waals surface area (Å²) in [4.78, 5) is 0. The Kier molecular flexibility index (Phi) is 8.52. The molecule has 1 nitrogen and oxygen atoms in total. The third-order valence-electron chi connectivity index (χ3n) is 12.2. The van der Waals surface area contributed by atoms with E-state index in [1.54, 1.807) is 0 Å². The highest BCUT2D eigenvalue weighted by Crippen LogP contribution is 2.46. The van der Waals surface area contributed by atoms with Crippen molar-refractivity contribution in [3.8, 4) is 66.8 Å². The minimum absolute atomic E-state index is 0.941. The van der Waals surface area contributed by atoms with Crippen molar-refractivity contribution in [1.82, 2.24) is 4.57 Å². The smallest absolute Gasteiger partial charge is 0.0491 e. The zero-order valence-electron chi connectivity index (χ0n) is 32.9. The molecule has 0 atom stereocenters. The summed E-state index contributed by atoms with van der Waals surface area (Å²) >= 11 is 0. The van der Waals surface area contributed by atoms with Crippen LogP contribution in [-0.4, -0.2) is 4.57 Å². The molecule has 0 saturated heterocycles. The molecule has 278 valence electrons. The number of aromatic nitrogens is 1. The first-order valence-electron chi connectivity index (χ1n) is 20.6. The van der Waals surface area contributed by atoms with Gasteiger partial charge in [-0.2, -0.15) is 0 Å². The van der Waals surface area contributed by atoms with Gasteiger partial charge in [0.1, 0.15) is 0 Å². The number of para-hydroxylation sites is 1. The lowest BCUT2D eigenvalue weighted by Crippen LogP contribution is -1.93. The Labute approximate surface area is 345 Å². The van der Waals surface area contributed by atoms with Gasteiger partial charge in [0.25, 0.3) is 0 Å². The highest BCUT2D eigenvalue weighted by atomic mass is 15.0. The molecule has 0 N–H and O–H groups in total. The van der Waals surface area contributed by atoms with Gasteiger partial charge >= 0.3 is 0 Å². The Balaban J connectivity index is 1.14. The predicted molar refractivity (Wildman–Crippen MR) is 253 cm³/mol. The zero-order chi connectivity index (χ0) is 39.3. The predicted octanol–water partition coefficient (Wildman–Crippen LogP) is 16.1. The fraction of sp³-hybridized carbons (Fsp3) is 0.0345. The van der Waals surface area contributed by atoms with Crippen molar-refractivity contribution in [3.63, 3.8) is 0 Å². The second kappa shape index (κ2) is 14.5. The van der Waals surface area contributed by atoms with Gasteiger partial charge in [0.15, 0.2) is 0 Å². The maximum atomic E-state index is 2.42. The third-order valence-corrected chi connectivity index (χ3v) is 12.2. The number of aryl methyl sites for hydroxylation is 1. The van der Waals surface area contributed by atoms with Gasteiger partial charge in [0.05, 0.1) is 0 Å². The summed E-state index contributed by atoms with van der Waals surface area (Å²) in [7, 11) is 0. The fourth-order valence-electron chi connectivity index (χ4n) is 9.33. The maximum absolute atomic E-state index is 2.42. The largest absolute Gasteiger partial charge is 0.341 e. The summed E-state index contributed by atoms with van der Waals surface area (Å²) in [5.41, 5.74) is 17.2. The Morgan fingerprint density at radius 1 is 0.254 bits per heavy atom. The van der Waals surface area contributed by atoms with E-state index >= 15 is 0 Å². The summed E-state index contributed by atoms with van der Waals surface area (Å²) in [5.74, 6) is 0. The fourth-order valence-corrected chi connectivity index (χ4v) is 9.33. The van der Waals surface area contributed by atoms with Crippen molar-refractivity contribution in [2.75, 3.05) is 0 Å². The van der Waals surface area contributed by atoms with Crippen molar-refractivity contribution >= 4 is 43.4 Å². The molecule has 59 heavy (non-hydrogen) atoms. The number of hydrogen-bond donors (Lipinski definition) is 0. The Bertz CT molecular complexity index is 3300. The molecule has 11 aromatic rings. The monoisotopic (exact) mass is 751 g/mol. The van der Waals surface area contributed by atoms with E-state index in [1.807, 2.05) is 0 Å². The maximum Gasteiger partial charge on any atom is 0.0491 e. The van der Waals surface area contributed by atoms with Crippen LogP contribution < -0.4 is 0 Å². The normalized spacial score (nSPS) is 11.5. The molecule has 1 aromatic heterocycles. The second-order valence-electron chi connectivity index (χ2n) is 15.5. The van der Waals surface area contributed by atoms with Gasteiger partial charge in [0, 0.05) is 28.4 Å². The van der Waals surface area contributed by atoms with Gasteiger partial charge in [0.2, 0.25) is 0 Å². The van der Waals surface area contributed by atoms with Crippen LogP contribution >= 0.6 is 0 Å². The van der Waals surface area contributed by atoms with Crippen LogP contribution in [0.25, 0.3) is 110 Å². The molecule has 0 unspecified atom stereocenters. The molecule has 0 saturated carbocycles. The van der Waals surface area contributed by atoms with Crippen molar-refractivity contribution in [2.45, 2.75) is 13.5 Å². The van der Waals surface area contributed by atoms with Crippen molar-refractivity contribution < 1.29 is 0 Å². The van der Waals surface area contributed by atoms with Crippen LogP contribution in [0.2, 0.25) is 0 Å². The topological polar surface area (TPSA) is 4.93 Å². The molecule has 0 spiro atoms. The van der Waals surface area contributed by atoms with E-state index in [1.165, 1.54) is 110 Å². The zero-order valence-corrected chi connectivity index (χ0v) is 32.9. The number of rotatable bonds is 7. The summed E-state index contributed by atoms with van der Waals surface area (Å²) < 4.78 is 2.42. The van der Waals surface area contributed by atoms with Crippen molar-refractivity contribution in [3.05, 3.63) is 218 Å². The lowest BCUT2D eigenvalue weighted by molar-refractivity contribution is 0.827. The minimum Gasteiger partial charge on any atom is -0.341 e. The highest BCUT2D eigenvalue weighted by molar-refractivity contribution is 6.22. The average molecular weight is 752 g/mol. The van der Waals surface area contributed by atoms with Gasteiger partial charge in [-0.1, -0.05) is 188 Å². The summed E-state index contributed by atoms with van der Waals surface area (Å²) in [6.07, 6.45) is 0. The van der Waals surface area contributed by atoms with E-state index in [2.05, 4.69) is 230 Å². The minimum atomic E-state index is 0.941. The van der Waals surface area contributed by atoms with E-state index in [0.29, 0.717) is 0 Å². The number of nitrogens with zero attached hydrogens (tertiary/aromatic N) is 1. The van der Waals surface area contributed by atoms with Crippen LogP contribution in [0.15, 0.2) is 218 Å². The molecule has 0 radical (unpaired) electrons. The molecule has 0 fully saturated rings. The quantitative estimate of drug-likeness (QED) is 0.143. The number of fused-ring (bicyclic) bond motifs is 5. The van der Waals surface area contributed by atoms with E-state index in [9.17, 15) is 0 Å². The molecule has 0 aliphatic rings. The number of hydrogen-bond acceptors (Lipinski definition) is 0. The summed E-state index contributed by atoms with van der Waals surface area (Å²) in [6.45, 7) is 3.17. The molecular weight excluding hydrogens is 711 g/mol. The van der Waals surface area contributed by atoms with Crippen LogP contribution in [0.3, 0.4) is 0 Å². The van der Waals surface area contributed by atoms with Gasteiger partial charge in [-0.15, -0.1) is 0 Å². The molecular formula is C58H41N.